The number of aryl methyl sites for hydroxylation is 2. The largest absolute Gasteiger partial charge is 0.456 e. The van der Waals surface area contributed by atoms with Crippen LogP contribution in [0.1, 0.15) is 41.3 Å². The minimum absolute atomic E-state index is 0.00898. The van der Waals surface area contributed by atoms with E-state index in [0.717, 1.165) is 17.5 Å². The Morgan fingerprint density at radius 1 is 1.38 bits per heavy atom. The first-order chi connectivity index (χ1) is 11.3. The molecule has 2 aliphatic heterocycles. The van der Waals surface area contributed by atoms with Gasteiger partial charge in [-0.2, -0.15) is 0 Å². The fourth-order valence-corrected chi connectivity index (χ4v) is 4.76. The summed E-state index contributed by atoms with van der Waals surface area (Å²) in [6, 6.07) is 5.04. The molecule has 0 N–H and O–H groups in total. The number of Topliss-reactive ketones (excluding diaryl/α,β-unsaturated/α-hetero) is 1. The molecule has 2 aliphatic rings. The predicted octanol–water partition coefficient (Wildman–Crippen LogP) is 2.48. The third-order valence-corrected chi connectivity index (χ3v) is 6.26. The summed E-state index contributed by atoms with van der Waals surface area (Å²) in [5.41, 5.74) is 2.42. The Hall–Kier alpha value is -1.82. The smallest absolute Gasteiger partial charge is 0.330 e. The molecule has 0 bridgehead atoms. The number of benzene rings is 1. The molecule has 1 aromatic carbocycles. The Kier molecular flexibility index (Phi) is 4.42. The number of hydrogen-bond donors (Lipinski definition) is 0. The summed E-state index contributed by atoms with van der Waals surface area (Å²) >= 11 is 1.61. The predicted molar refractivity (Wildman–Crippen MR) is 91.9 cm³/mol. The van der Waals surface area contributed by atoms with Gasteiger partial charge in [-0.25, -0.2) is 4.79 Å². The molecule has 0 aromatic heterocycles. The molecule has 2 atom stereocenters. The van der Waals surface area contributed by atoms with Gasteiger partial charge >= 0.3 is 5.97 Å². The van der Waals surface area contributed by atoms with Crippen molar-refractivity contribution in [2.45, 2.75) is 44.5 Å². The molecule has 0 radical (unpaired) electrons. The highest BCUT2D eigenvalue weighted by Gasteiger charge is 2.53. The van der Waals surface area contributed by atoms with E-state index < -0.39 is 12.0 Å². The van der Waals surface area contributed by atoms with Gasteiger partial charge in [-0.1, -0.05) is 17.7 Å². The monoisotopic (exact) mass is 347 g/mol. The fourth-order valence-electron chi connectivity index (χ4n) is 3.34. The highest BCUT2D eigenvalue weighted by molar-refractivity contribution is 8.01. The third kappa shape index (κ3) is 2.95. The summed E-state index contributed by atoms with van der Waals surface area (Å²) in [6.45, 7) is 5.47. The van der Waals surface area contributed by atoms with Gasteiger partial charge in [-0.3, -0.25) is 9.59 Å². The van der Waals surface area contributed by atoms with Gasteiger partial charge in [-0.15, -0.1) is 11.8 Å². The molecule has 6 heteroatoms. The van der Waals surface area contributed by atoms with Crippen LogP contribution in [-0.2, 0) is 14.3 Å². The van der Waals surface area contributed by atoms with E-state index in [1.165, 1.54) is 0 Å². The second kappa shape index (κ2) is 6.24. The number of ketones is 1. The van der Waals surface area contributed by atoms with Crippen LogP contribution in [0.2, 0.25) is 0 Å². The molecule has 2 fully saturated rings. The van der Waals surface area contributed by atoms with Gasteiger partial charge in [0.05, 0.1) is 4.87 Å². The average Bonchev–Trinajstić information content (AvgIpc) is 3.03. The van der Waals surface area contributed by atoms with E-state index in [1.54, 1.807) is 22.7 Å². The van der Waals surface area contributed by atoms with Crippen molar-refractivity contribution in [1.29, 1.82) is 0 Å². The van der Waals surface area contributed by atoms with Crippen molar-refractivity contribution in [3.63, 3.8) is 0 Å². The summed E-state index contributed by atoms with van der Waals surface area (Å²) in [6.07, 6.45) is 1.22. The molecular formula is C18H21NO4S. The van der Waals surface area contributed by atoms with E-state index in [4.69, 9.17) is 4.74 Å². The summed E-state index contributed by atoms with van der Waals surface area (Å²) < 4.78 is 5.24. The molecule has 2 saturated heterocycles. The summed E-state index contributed by atoms with van der Waals surface area (Å²) in [5, 5.41) is 0. The number of carbonyl (C=O) groups is 3. The number of nitrogens with zero attached hydrogens (tertiary/aromatic N) is 1. The van der Waals surface area contributed by atoms with E-state index in [0.29, 0.717) is 17.7 Å². The van der Waals surface area contributed by atoms with E-state index in [1.807, 2.05) is 32.9 Å². The van der Waals surface area contributed by atoms with Gasteiger partial charge in [0.15, 0.2) is 6.61 Å². The minimum Gasteiger partial charge on any atom is -0.456 e. The number of fused-ring (bicyclic) bond motifs is 1. The molecular weight excluding hydrogens is 326 g/mol. The Morgan fingerprint density at radius 2 is 2.12 bits per heavy atom. The second-order valence-corrected chi connectivity index (χ2v) is 8.12. The third-order valence-electron chi connectivity index (χ3n) is 4.76. The van der Waals surface area contributed by atoms with Crippen LogP contribution >= 0.6 is 11.8 Å². The van der Waals surface area contributed by atoms with Gasteiger partial charge in [0.25, 0.3) is 0 Å². The zero-order valence-corrected chi connectivity index (χ0v) is 14.9. The number of esters is 1. The molecule has 1 amide bonds. The molecule has 24 heavy (non-hydrogen) atoms. The Morgan fingerprint density at radius 3 is 2.88 bits per heavy atom. The van der Waals surface area contributed by atoms with Crippen molar-refractivity contribution in [2.24, 2.45) is 0 Å². The van der Waals surface area contributed by atoms with Gasteiger partial charge < -0.3 is 9.64 Å². The maximum atomic E-state index is 12.4. The van der Waals surface area contributed by atoms with Crippen LogP contribution in [-0.4, -0.2) is 45.8 Å². The number of rotatable bonds is 4. The van der Waals surface area contributed by atoms with E-state index in [2.05, 4.69) is 0 Å². The molecule has 0 saturated carbocycles. The maximum Gasteiger partial charge on any atom is 0.330 e. The molecule has 1 aromatic rings. The Labute approximate surface area is 145 Å². The Balaban J connectivity index is 1.65. The highest BCUT2D eigenvalue weighted by atomic mass is 32.2. The van der Waals surface area contributed by atoms with Gasteiger partial charge in [0, 0.05) is 17.7 Å². The van der Waals surface area contributed by atoms with Crippen molar-refractivity contribution in [2.75, 3.05) is 12.4 Å². The number of carbonyl (C=O) groups excluding carboxylic acids is 3. The second-order valence-electron chi connectivity index (χ2n) is 6.61. The van der Waals surface area contributed by atoms with Crippen LogP contribution in [0.4, 0.5) is 0 Å². The van der Waals surface area contributed by atoms with Crippen molar-refractivity contribution in [3.8, 4) is 0 Å². The first kappa shape index (κ1) is 17.0. The minimum atomic E-state index is -0.582. The molecule has 0 unspecified atom stereocenters. The number of hydrogen-bond acceptors (Lipinski definition) is 5. The van der Waals surface area contributed by atoms with E-state index in [-0.39, 0.29) is 23.2 Å². The molecule has 128 valence electrons. The number of amides is 1. The average molecular weight is 347 g/mol. The quantitative estimate of drug-likeness (QED) is 0.618. The van der Waals surface area contributed by atoms with Crippen LogP contribution in [0.5, 0.6) is 0 Å². The van der Waals surface area contributed by atoms with Crippen LogP contribution in [0, 0.1) is 13.8 Å². The highest BCUT2D eigenvalue weighted by Crippen LogP contribution is 2.47. The zero-order valence-electron chi connectivity index (χ0n) is 14.1. The van der Waals surface area contributed by atoms with Gasteiger partial charge in [0.1, 0.15) is 6.04 Å². The first-order valence-electron chi connectivity index (χ1n) is 8.05. The lowest BCUT2D eigenvalue weighted by molar-refractivity contribution is -0.152. The lowest BCUT2D eigenvalue weighted by Crippen LogP contribution is -2.46. The van der Waals surface area contributed by atoms with Crippen LogP contribution in [0.25, 0.3) is 0 Å². The first-order valence-corrected chi connectivity index (χ1v) is 9.03. The topological polar surface area (TPSA) is 63.7 Å². The summed E-state index contributed by atoms with van der Waals surface area (Å²) in [7, 11) is 0. The van der Waals surface area contributed by atoms with Crippen LogP contribution < -0.4 is 0 Å². The number of thioether (sulfide) groups is 1. The SMILES string of the molecule is Cc1ccc(C)c(C(=O)COC(=O)[C@@H]2CS[C@]3(C)CCC(=O)N23)c1. The lowest BCUT2D eigenvalue weighted by Gasteiger charge is -2.29. The van der Waals surface area contributed by atoms with Crippen molar-refractivity contribution >= 4 is 29.4 Å². The van der Waals surface area contributed by atoms with Crippen LogP contribution in [0.15, 0.2) is 18.2 Å². The molecule has 0 aliphatic carbocycles. The van der Waals surface area contributed by atoms with Crippen molar-refractivity contribution in [3.05, 3.63) is 34.9 Å². The lowest BCUT2D eigenvalue weighted by atomic mass is 10.0. The van der Waals surface area contributed by atoms with E-state index in [9.17, 15) is 14.4 Å². The molecule has 0 spiro atoms. The van der Waals surface area contributed by atoms with Crippen molar-refractivity contribution < 1.29 is 19.1 Å². The van der Waals surface area contributed by atoms with E-state index >= 15 is 0 Å². The zero-order chi connectivity index (χ0) is 17.5. The summed E-state index contributed by atoms with van der Waals surface area (Å²) in [5.74, 6) is -0.185. The van der Waals surface area contributed by atoms with Crippen molar-refractivity contribution in [1.82, 2.24) is 4.90 Å². The molecule has 2 heterocycles. The fraction of sp³-hybridized carbons (Fsp3) is 0.500. The molecule has 5 nitrogen and oxygen atoms in total. The summed E-state index contributed by atoms with van der Waals surface area (Å²) in [4.78, 5) is 38.1. The standard InChI is InChI=1S/C18H21NO4S/c1-11-4-5-12(2)13(8-11)15(20)9-23-17(22)14-10-24-18(3)7-6-16(21)19(14)18/h4-5,8,14H,6-7,9-10H2,1-3H3/t14-,18+/m0/s1. The van der Waals surface area contributed by atoms with Gasteiger partial charge in [0.2, 0.25) is 11.7 Å². The maximum absolute atomic E-state index is 12.4. The van der Waals surface area contributed by atoms with Gasteiger partial charge in [-0.05, 0) is 38.8 Å². The Bertz CT molecular complexity index is 717. The number of ether oxygens (including phenoxy) is 1. The normalized spacial score (nSPS) is 25.7. The molecule has 3 rings (SSSR count). The van der Waals surface area contributed by atoms with Crippen LogP contribution in [0.3, 0.4) is 0 Å².